The van der Waals surface area contributed by atoms with Gasteiger partial charge in [0.25, 0.3) is 0 Å². The van der Waals surface area contributed by atoms with Crippen molar-refractivity contribution < 1.29 is 11.3 Å². The number of aliphatic carboxylic acids is 1. The summed E-state index contributed by atoms with van der Waals surface area (Å²) in [7, 11) is -1.78. The molecule has 9 heavy (non-hydrogen) atoms. The van der Waals surface area contributed by atoms with Gasteiger partial charge in [0.2, 0.25) is 0 Å². The second-order valence-corrected chi connectivity index (χ2v) is 7.89. The molecule has 3 heteroatoms. The molecule has 0 saturated heterocycles. The number of rotatable bonds is 2. The summed E-state index contributed by atoms with van der Waals surface area (Å²) in [6, 6.07) is 0. The molecule has 0 aliphatic carbocycles. The predicted octanol–water partition coefficient (Wildman–Crippen LogP) is 1.80. The predicted molar refractivity (Wildman–Crippen MR) is 40.4 cm³/mol. The monoisotopic (exact) mass is 147 g/mol. The number of carbonyl (C=O) groups is 1. The van der Waals surface area contributed by atoms with Gasteiger partial charge in [0.05, 0.1) is 8.07 Å². The molecule has 0 aromatic heterocycles. The van der Waals surface area contributed by atoms with E-state index < -0.39 is 14.0 Å². The van der Waals surface area contributed by atoms with Gasteiger partial charge in [-0.25, -0.2) is 0 Å². The molecule has 1 atom stereocenters. The number of carboxylic acids is 1. The molecule has 0 saturated carbocycles. The third-order valence-corrected chi connectivity index (χ3v) is 4.13. The van der Waals surface area contributed by atoms with Gasteiger partial charge in [0.15, 0.2) is 0 Å². The van der Waals surface area contributed by atoms with Crippen LogP contribution in [0.3, 0.4) is 0 Å². The minimum absolute atomic E-state index is 0.292. The van der Waals surface area contributed by atoms with Gasteiger partial charge >= 0.3 is 5.97 Å². The lowest BCUT2D eigenvalue weighted by molar-refractivity contribution is -0.136. The molecule has 0 heterocycles. The molecular formula is C6H14O2Si. The highest BCUT2D eigenvalue weighted by Gasteiger charge is 2.27. The summed E-state index contributed by atoms with van der Waals surface area (Å²) in [6.07, 6.45) is 0. The zero-order valence-corrected chi connectivity index (χ0v) is 7.14. The fourth-order valence-corrected chi connectivity index (χ4v) is 1.00. The lowest BCUT2D eigenvalue weighted by Gasteiger charge is -2.20. The Morgan fingerprint density at radius 2 is 2.22 bits per heavy atom. The van der Waals surface area contributed by atoms with E-state index >= 15 is 0 Å². The maximum absolute atomic E-state index is 10.5. The van der Waals surface area contributed by atoms with Crippen LogP contribution in [0.4, 0.5) is 0 Å². The maximum Gasteiger partial charge on any atom is 0.303 e. The van der Waals surface area contributed by atoms with Crippen molar-refractivity contribution in [2.24, 2.45) is 0 Å². The SMILES string of the molecule is [2H]C[Si](C)(C)C(C)C(=O)O. The van der Waals surface area contributed by atoms with Gasteiger partial charge in [-0.2, -0.15) is 0 Å². The van der Waals surface area contributed by atoms with Crippen LogP contribution in [0.2, 0.25) is 25.2 Å². The van der Waals surface area contributed by atoms with Crippen molar-refractivity contribution in [3.05, 3.63) is 0 Å². The molecule has 54 valence electrons. The molecule has 0 aliphatic rings. The summed E-state index contributed by atoms with van der Waals surface area (Å²) in [5, 5.41) is 8.60. The standard InChI is InChI=1S/C6H14O2Si/c1-5(6(7)8)9(2,3)4/h5H,1-4H3,(H,7,8)/i2D. The Morgan fingerprint density at radius 3 is 2.33 bits per heavy atom. The topological polar surface area (TPSA) is 37.3 Å². The van der Waals surface area contributed by atoms with E-state index in [9.17, 15) is 4.79 Å². The Kier molecular flexibility index (Phi) is 1.90. The third kappa shape index (κ3) is 2.65. The van der Waals surface area contributed by atoms with E-state index in [4.69, 9.17) is 6.48 Å². The van der Waals surface area contributed by atoms with Crippen LogP contribution >= 0.6 is 0 Å². The summed E-state index contributed by atoms with van der Waals surface area (Å²) in [4.78, 5) is 10.5. The fourth-order valence-electron chi connectivity index (χ4n) is 0.334. The molecule has 0 fully saturated rings. The van der Waals surface area contributed by atoms with E-state index in [-0.39, 0.29) is 5.54 Å². The van der Waals surface area contributed by atoms with Gasteiger partial charge < -0.3 is 5.11 Å². The van der Waals surface area contributed by atoms with Crippen molar-refractivity contribution in [1.29, 1.82) is 0 Å². The van der Waals surface area contributed by atoms with Crippen molar-refractivity contribution in [2.45, 2.75) is 32.1 Å². The first-order valence-corrected chi connectivity index (χ1v) is 6.22. The van der Waals surface area contributed by atoms with Crippen molar-refractivity contribution >= 4 is 14.0 Å². The van der Waals surface area contributed by atoms with Crippen LogP contribution in [0.15, 0.2) is 0 Å². The first-order valence-electron chi connectivity index (χ1n) is 3.64. The minimum Gasteiger partial charge on any atom is -0.481 e. The second-order valence-electron chi connectivity index (χ2n) is 3.05. The Balaban J connectivity index is 4.17. The zero-order valence-electron chi connectivity index (χ0n) is 7.14. The number of carboxylic acid groups (broad SMARTS) is 1. The highest BCUT2D eigenvalue weighted by molar-refractivity contribution is 6.80. The summed E-state index contributed by atoms with van der Waals surface area (Å²) in [6.45, 7) is 5.85. The van der Waals surface area contributed by atoms with E-state index in [0.29, 0.717) is 6.52 Å². The van der Waals surface area contributed by atoms with Crippen molar-refractivity contribution in [3.8, 4) is 0 Å². The molecule has 0 aromatic carbocycles. The normalized spacial score (nSPS) is 16.6. The molecule has 0 spiro atoms. The van der Waals surface area contributed by atoms with Gasteiger partial charge in [-0.1, -0.05) is 26.5 Å². The molecule has 0 radical (unpaired) electrons. The second kappa shape index (κ2) is 2.52. The molecule has 1 N–H and O–H groups in total. The van der Waals surface area contributed by atoms with Crippen LogP contribution < -0.4 is 0 Å². The fraction of sp³-hybridized carbons (Fsp3) is 0.833. The smallest absolute Gasteiger partial charge is 0.303 e. The molecule has 0 rings (SSSR count). The average Bonchev–Trinajstić information content (AvgIpc) is 1.86. The van der Waals surface area contributed by atoms with E-state index in [0.717, 1.165) is 0 Å². The van der Waals surface area contributed by atoms with Gasteiger partial charge in [-0.15, -0.1) is 0 Å². The van der Waals surface area contributed by atoms with E-state index in [1.165, 1.54) is 0 Å². The summed E-state index contributed by atoms with van der Waals surface area (Å²) in [5.41, 5.74) is -0.301. The largest absolute Gasteiger partial charge is 0.481 e. The van der Waals surface area contributed by atoms with Gasteiger partial charge in [-0.05, 0) is 0 Å². The zero-order chi connectivity index (χ0) is 8.36. The molecule has 1 unspecified atom stereocenters. The van der Waals surface area contributed by atoms with Crippen LogP contribution in [0.25, 0.3) is 0 Å². The first-order chi connectivity index (χ1) is 4.41. The highest BCUT2D eigenvalue weighted by Crippen LogP contribution is 2.20. The summed E-state index contributed by atoms with van der Waals surface area (Å²) >= 11 is 0. The minimum atomic E-state index is -1.78. The Morgan fingerprint density at radius 1 is 1.78 bits per heavy atom. The van der Waals surface area contributed by atoms with E-state index in [2.05, 4.69) is 0 Å². The van der Waals surface area contributed by atoms with Crippen LogP contribution in [-0.4, -0.2) is 19.1 Å². The summed E-state index contributed by atoms with van der Waals surface area (Å²) in [5.74, 6) is -0.760. The lowest BCUT2D eigenvalue weighted by atomic mass is 10.5. The molecule has 0 bridgehead atoms. The number of hydrogen-bond acceptors (Lipinski definition) is 1. The van der Waals surface area contributed by atoms with Crippen molar-refractivity contribution in [2.75, 3.05) is 0 Å². The highest BCUT2D eigenvalue weighted by atomic mass is 28.3. The first kappa shape index (κ1) is 6.80. The molecule has 0 aromatic rings. The number of hydrogen-bond donors (Lipinski definition) is 1. The summed E-state index contributed by atoms with van der Waals surface area (Å²) < 4.78 is 7.13. The van der Waals surface area contributed by atoms with E-state index in [1.807, 2.05) is 13.1 Å². The maximum atomic E-state index is 10.5. The third-order valence-electron chi connectivity index (χ3n) is 1.54. The van der Waals surface area contributed by atoms with Gasteiger partial charge in [0.1, 0.15) is 0 Å². The quantitative estimate of drug-likeness (QED) is 0.605. The molecule has 0 amide bonds. The van der Waals surface area contributed by atoms with Crippen molar-refractivity contribution in [1.82, 2.24) is 0 Å². The average molecular weight is 147 g/mol. The van der Waals surface area contributed by atoms with Crippen LogP contribution in [0, 0.1) is 0 Å². The van der Waals surface area contributed by atoms with Crippen LogP contribution in [0.5, 0.6) is 0 Å². The Hall–Kier alpha value is -0.313. The molecule has 2 nitrogen and oxygen atoms in total. The van der Waals surface area contributed by atoms with Gasteiger partial charge in [0, 0.05) is 6.91 Å². The van der Waals surface area contributed by atoms with Crippen molar-refractivity contribution in [3.63, 3.8) is 0 Å². The van der Waals surface area contributed by atoms with Gasteiger partial charge in [-0.3, -0.25) is 4.79 Å². The van der Waals surface area contributed by atoms with E-state index in [1.54, 1.807) is 6.92 Å². The van der Waals surface area contributed by atoms with Crippen LogP contribution in [-0.2, 0) is 4.79 Å². The van der Waals surface area contributed by atoms with Crippen LogP contribution in [0.1, 0.15) is 8.29 Å². The Bertz CT molecular complexity index is 136. The molecular weight excluding hydrogens is 132 g/mol. The Labute approximate surface area is 58.3 Å². The molecule has 0 aliphatic heterocycles. The lowest BCUT2D eigenvalue weighted by Crippen LogP contribution is -2.31.